The van der Waals surface area contributed by atoms with Gasteiger partial charge in [0.2, 0.25) is 5.91 Å². The third-order valence-corrected chi connectivity index (χ3v) is 4.60. The molecule has 0 unspecified atom stereocenters. The summed E-state index contributed by atoms with van der Waals surface area (Å²) in [4.78, 5) is 28.3. The lowest BCUT2D eigenvalue weighted by atomic mass is 9.89. The lowest BCUT2D eigenvalue weighted by Gasteiger charge is -2.38. The number of rotatable bonds is 2. The van der Waals surface area contributed by atoms with Gasteiger partial charge in [-0.25, -0.2) is 0 Å². The lowest BCUT2D eigenvalue weighted by Crippen LogP contribution is -2.52. The number of benzene rings is 1. The molecule has 22 heavy (non-hydrogen) atoms. The number of hydrogen-bond donors (Lipinski definition) is 0. The van der Waals surface area contributed by atoms with Gasteiger partial charge in [-0.3, -0.25) is 9.59 Å². The smallest absolute Gasteiger partial charge is 0.307 e. The Morgan fingerprint density at radius 1 is 1.14 bits per heavy atom. The Kier molecular flexibility index (Phi) is 3.81. The van der Waals surface area contributed by atoms with E-state index < -0.39 is 5.60 Å². The van der Waals surface area contributed by atoms with Gasteiger partial charge >= 0.3 is 5.97 Å². The van der Waals surface area contributed by atoms with Gasteiger partial charge in [-0.05, 0) is 26.0 Å². The molecule has 5 heteroatoms. The Morgan fingerprint density at radius 2 is 1.77 bits per heavy atom. The fourth-order valence-corrected chi connectivity index (χ4v) is 3.25. The molecule has 118 valence electrons. The van der Waals surface area contributed by atoms with Crippen molar-refractivity contribution >= 4 is 17.6 Å². The molecule has 2 saturated heterocycles. The molecular weight excluding hydrogens is 280 g/mol. The molecule has 5 nitrogen and oxygen atoms in total. The number of anilines is 1. The van der Waals surface area contributed by atoms with Gasteiger partial charge < -0.3 is 14.5 Å². The van der Waals surface area contributed by atoms with E-state index in [-0.39, 0.29) is 24.2 Å². The Bertz CT molecular complexity index is 563. The summed E-state index contributed by atoms with van der Waals surface area (Å²) in [6, 6.07) is 10.2. The minimum Gasteiger partial charge on any atom is -0.459 e. The van der Waals surface area contributed by atoms with Gasteiger partial charge in [-0.15, -0.1) is 0 Å². The molecule has 0 saturated carbocycles. The average Bonchev–Trinajstić information content (AvgIpc) is 2.80. The van der Waals surface area contributed by atoms with E-state index in [0.29, 0.717) is 13.1 Å². The summed E-state index contributed by atoms with van der Waals surface area (Å²) in [5, 5.41) is 0. The Labute approximate surface area is 130 Å². The standard InChI is InChI=1S/C17H22N2O3/c1-17(2)14(12-15(20)22-17)16(21)19-10-8-18(9-11-19)13-6-4-3-5-7-13/h3-7,14H,8-12H2,1-2H3/t14-/m0/s1. The molecule has 2 aliphatic heterocycles. The zero-order valence-corrected chi connectivity index (χ0v) is 13.1. The normalized spacial score (nSPS) is 24.3. The molecule has 3 rings (SSSR count). The van der Waals surface area contributed by atoms with Crippen LogP contribution in [0.2, 0.25) is 0 Å². The summed E-state index contributed by atoms with van der Waals surface area (Å²) < 4.78 is 5.27. The van der Waals surface area contributed by atoms with E-state index in [1.54, 1.807) is 0 Å². The molecule has 0 N–H and O–H groups in total. The third-order valence-electron chi connectivity index (χ3n) is 4.60. The highest BCUT2D eigenvalue weighted by Gasteiger charge is 2.47. The summed E-state index contributed by atoms with van der Waals surface area (Å²) in [7, 11) is 0. The molecule has 2 heterocycles. The molecule has 2 fully saturated rings. The molecule has 1 atom stereocenters. The Morgan fingerprint density at radius 3 is 2.32 bits per heavy atom. The first-order chi connectivity index (χ1) is 10.5. The van der Waals surface area contributed by atoms with Crippen LogP contribution in [0.15, 0.2) is 30.3 Å². The van der Waals surface area contributed by atoms with Crippen LogP contribution in [-0.2, 0) is 14.3 Å². The molecule has 1 aromatic rings. The van der Waals surface area contributed by atoms with Gasteiger partial charge in [0.25, 0.3) is 0 Å². The molecule has 0 radical (unpaired) electrons. The molecule has 2 aliphatic rings. The number of amides is 1. The average molecular weight is 302 g/mol. The maximum atomic E-state index is 12.7. The highest BCUT2D eigenvalue weighted by molar-refractivity contribution is 5.87. The van der Waals surface area contributed by atoms with Gasteiger partial charge in [0.1, 0.15) is 5.60 Å². The fourth-order valence-electron chi connectivity index (χ4n) is 3.25. The van der Waals surface area contributed by atoms with Gasteiger partial charge in [0.05, 0.1) is 12.3 Å². The fraction of sp³-hybridized carbons (Fsp3) is 0.529. The second-order valence-electron chi connectivity index (χ2n) is 6.48. The predicted molar refractivity (Wildman–Crippen MR) is 83.5 cm³/mol. The minimum atomic E-state index is -0.690. The zero-order valence-electron chi connectivity index (χ0n) is 13.1. The predicted octanol–water partition coefficient (Wildman–Crippen LogP) is 1.68. The van der Waals surface area contributed by atoms with Crippen LogP contribution in [0.25, 0.3) is 0 Å². The molecule has 0 spiro atoms. The first-order valence-corrected chi connectivity index (χ1v) is 7.78. The minimum absolute atomic E-state index is 0.0450. The summed E-state index contributed by atoms with van der Waals surface area (Å²) in [5.74, 6) is -0.585. The van der Waals surface area contributed by atoms with Crippen LogP contribution in [0.4, 0.5) is 5.69 Å². The number of carbonyl (C=O) groups is 2. The van der Waals surface area contributed by atoms with Gasteiger partial charge in [0, 0.05) is 31.9 Å². The van der Waals surface area contributed by atoms with E-state index in [2.05, 4.69) is 17.0 Å². The molecule has 0 aliphatic carbocycles. The number of carbonyl (C=O) groups excluding carboxylic acids is 2. The second-order valence-corrected chi connectivity index (χ2v) is 6.48. The van der Waals surface area contributed by atoms with Crippen molar-refractivity contribution in [2.24, 2.45) is 5.92 Å². The van der Waals surface area contributed by atoms with Crippen molar-refractivity contribution in [3.8, 4) is 0 Å². The van der Waals surface area contributed by atoms with E-state index in [0.717, 1.165) is 13.1 Å². The highest BCUT2D eigenvalue weighted by Crippen LogP contribution is 2.34. The number of esters is 1. The summed E-state index contributed by atoms with van der Waals surface area (Å²) in [6.45, 7) is 6.65. The van der Waals surface area contributed by atoms with Crippen LogP contribution in [0, 0.1) is 5.92 Å². The van der Waals surface area contributed by atoms with Crippen LogP contribution >= 0.6 is 0 Å². The number of nitrogens with zero attached hydrogens (tertiary/aromatic N) is 2. The van der Waals surface area contributed by atoms with Gasteiger partial charge in [-0.1, -0.05) is 18.2 Å². The van der Waals surface area contributed by atoms with E-state index in [9.17, 15) is 9.59 Å². The van der Waals surface area contributed by atoms with E-state index in [4.69, 9.17) is 4.74 Å². The number of piperazine rings is 1. The van der Waals surface area contributed by atoms with E-state index in [1.165, 1.54) is 5.69 Å². The second kappa shape index (κ2) is 5.63. The van der Waals surface area contributed by atoms with Crippen LogP contribution in [-0.4, -0.2) is 48.6 Å². The van der Waals surface area contributed by atoms with E-state index in [1.807, 2.05) is 36.9 Å². The van der Waals surface area contributed by atoms with Crippen LogP contribution in [0.3, 0.4) is 0 Å². The van der Waals surface area contributed by atoms with Crippen molar-refractivity contribution < 1.29 is 14.3 Å². The quantitative estimate of drug-likeness (QED) is 0.780. The largest absolute Gasteiger partial charge is 0.459 e. The number of para-hydroxylation sites is 1. The maximum Gasteiger partial charge on any atom is 0.307 e. The number of cyclic esters (lactones) is 1. The van der Waals surface area contributed by atoms with Crippen LogP contribution < -0.4 is 4.90 Å². The monoisotopic (exact) mass is 302 g/mol. The number of ether oxygens (including phenoxy) is 1. The molecule has 1 amide bonds. The molecular formula is C17H22N2O3. The van der Waals surface area contributed by atoms with Crippen molar-refractivity contribution in [3.63, 3.8) is 0 Å². The molecule has 0 bridgehead atoms. The Balaban J connectivity index is 1.62. The van der Waals surface area contributed by atoms with Crippen LogP contribution in [0.5, 0.6) is 0 Å². The maximum absolute atomic E-state index is 12.7. The Hall–Kier alpha value is -2.04. The van der Waals surface area contributed by atoms with Crippen molar-refractivity contribution in [2.45, 2.75) is 25.9 Å². The topological polar surface area (TPSA) is 49.9 Å². The molecule has 0 aromatic heterocycles. The van der Waals surface area contributed by atoms with Crippen molar-refractivity contribution in [1.29, 1.82) is 0 Å². The number of hydrogen-bond acceptors (Lipinski definition) is 4. The SMILES string of the molecule is CC1(C)OC(=O)C[C@H]1C(=O)N1CCN(c2ccccc2)CC1. The lowest BCUT2D eigenvalue weighted by molar-refractivity contribution is -0.148. The first-order valence-electron chi connectivity index (χ1n) is 7.78. The zero-order chi connectivity index (χ0) is 15.7. The summed E-state index contributed by atoms with van der Waals surface area (Å²) in [5.41, 5.74) is 0.499. The van der Waals surface area contributed by atoms with Gasteiger partial charge in [-0.2, -0.15) is 0 Å². The highest BCUT2D eigenvalue weighted by atomic mass is 16.6. The summed E-state index contributed by atoms with van der Waals surface area (Å²) in [6.07, 6.45) is 0.199. The van der Waals surface area contributed by atoms with Gasteiger partial charge in [0.15, 0.2) is 0 Å². The molecule has 1 aromatic carbocycles. The first kappa shape index (κ1) is 14.9. The third kappa shape index (κ3) is 2.80. The van der Waals surface area contributed by atoms with E-state index >= 15 is 0 Å². The summed E-state index contributed by atoms with van der Waals surface area (Å²) >= 11 is 0. The van der Waals surface area contributed by atoms with Crippen molar-refractivity contribution in [1.82, 2.24) is 4.90 Å². The van der Waals surface area contributed by atoms with Crippen molar-refractivity contribution in [3.05, 3.63) is 30.3 Å². The van der Waals surface area contributed by atoms with Crippen molar-refractivity contribution in [2.75, 3.05) is 31.1 Å². The van der Waals surface area contributed by atoms with Crippen LogP contribution in [0.1, 0.15) is 20.3 Å².